The molecule has 1 unspecified atom stereocenters. The third kappa shape index (κ3) is 4.58. The van der Waals surface area contributed by atoms with Crippen molar-refractivity contribution >= 4 is 11.8 Å². The minimum absolute atomic E-state index is 0.0901. The van der Waals surface area contributed by atoms with Crippen LogP contribution in [0, 0.1) is 17.0 Å². The van der Waals surface area contributed by atoms with Crippen LogP contribution in [0.4, 0.5) is 8.78 Å². The molecule has 0 aliphatic carbocycles. The molecule has 18 heavy (non-hydrogen) atoms. The molecule has 0 aliphatic rings. The summed E-state index contributed by atoms with van der Waals surface area (Å²) in [6, 6.07) is 3.84. The van der Waals surface area contributed by atoms with E-state index in [4.69, 9.17) is 0 Å². The Labute approximate surface area is 112 Å². The molecule has 0 amide bonds. The summed E-state index contributed by atoms with van der Waals surface area (Å²) in [6.45, 7) is 9.34. The second kappa shape index (κ2) is 6.53. The third-order valence-corrected chi connectivity index (χ3v) is 3.92. The fourth-order valence-corrected chi connectivity index (χ4v) is 2.99. The lowest BCUT2D eigenvalue weighted by atomic mass is 9.88. The Bertz CT molecular complexity index is 388. The lowest BCUT2D eigenvalue weighted by Crippen LogP contribution is -2.42. The van der Waals surface area contributed by atoms with Crippen molar-refractivity contribution in [3.05, 3.63) is 29.8 Å². The van der Waals surface area contributed by atoms with E-state index in [0.717, 1.165) is 18.4 Å². The molecule has 1 nitrogen and oxygen atoms in total. The fraction of sp³-hybridized carbons (Fsp3) is 0.571. The number of thioether (sulfide) groups is 1. The maximum Gasteiger partial charge on any atom is 0.136 e. The molecule has 0 aromatic heterocycles. The normalized spacial score (nSPS) is 13.7. The third-order valence-electron chi connectivity index (χ3n) is 2.79. The van der Waals surface area contributed by atoms with Gasteiger partial charge in [-0.15, -0.1) is 11.8 Å². The van der Waals surface area contributed by atoms with E-state index in [1.54, 1.807) is 0 Å². The van der Waals surface area contributed by atoms with Crippen LogP contribution >= 0.6 is 11.8 Å². The lowest BCUT2D eigenvalue weighted by molar-refractivity contribution is 0.295. The molecule has 0 spiro atoms. The zero-order valence-corrected chi connectivity index (χ0v) is 12.2. The quantitative estimate of drug-likeness (QED) is 0.811. The monoisotopic (exact) mass is 273 g/mol. The average Bonchev–Trinajstić information content (AvgIpc) is 2.27. The van der Waals surface area contributed by atoms with Crippen LogP contribution in [-0.2, 0) is 0 Å². The van der Waals surface area contributed by atoms with Gasteiger partial charge < -0.3 is 5.32 Å². The SMILES string of the molecule is CCNC(CSc1cc(F)ccc1F)C(C)(C)C. The van der Waals surface area contributed by atoms with Crippen LogP contribution in [0.3, 0.4) is 0 Å². The van der Waals surface area contributed by atoms with Gasteiger partial charge in [-0.1, -0.05) is 27.7 Å². The minimum Gasteiger partial charge on any atom is -0.313 e. The molecule has 0 saturated heterocycles. The first-order valence-electron chi connectivity index (χ1n) is 6.16. The van der Waals surface area contributed by atoms with Gasteiger partial charge >= 0.3 is 0 Å². The van der Waals surface area contributed by atoms with Crippen LogP contribution in [0.2, 0.25) is 0 Å². The first-order valence-corrected chi connectivity index (χ1v) is 7.14. The van der Waals surface area contributed by atoms with Crippen LogP contribution < -0.4 is 5.32 Å². The Balaban J connectivity index is 2.70. The summed E-state index contributed by atoms with van der Waals surface area (Å²) in [4.78, 5) is 0.377. The Morgan fingerprint density at radius 3 is 2.50 bits per heavy atom. The van der Waals surface area contributed by atoms with E-state index in [1.807, 2.05) is 6.92 Å². The molecule has 4 heteroatoms. The smallest absolute Gasteiger partial charge is 0.136 e. The van der Waals surface area contributed by atoms with Gasteiger partial charge in [-0.05, 0) is 30.2 Å². The Morgan fingerprint density at radius 2 is 1.94 bits per heavy atom. The number of halogens is 2. The van der Waals surface area contributed by atoms with Gasteiger partial charge in [0, 0.05) is 16.7 Å². The predicted octanol–water partition coefficient (Wildman–Crippen LogP) is 4.08. The Kier molecular flexibility index (Phi) is 5.60. The van der Waals surface area contributed by atoms with Gasteiger partial charge in [0.25, 0.3) is 0 Å². The molecule has 1 N–H and O–H groups in total. The number of hydrogen-bond acceptors (Lipinski definition) is 2. The van der Waals surface area contributed by atoms with Crippen molar-refractivity contribution in [3.63, 3.8) is 0 Å². The summed E-state index contributed by atoms with van der Waals surface area (Å²) in [7, 11) is 0. The van der Waals surface area contributed by atoms with Crippen LogP contribution in [0.25, 0.3) is 0 Å². The maximum absolute atomic E-state index is 13.5. The van der Waals surface area contributed by atoms with Crippen molar-refractivity contribution in [1.82, 2.24) is 5.32 Å². The molecule has 1 aromatic rings. The standard InChI is InChI=1S/C14H21F2NS/c1-5-17-13(14(2,3)4)9-18-12-8-10(15)6-7-11(12)16/h6-8,13,17H,5,9H2,1-4H3. The van der Waals surface area contributed by atoms with E-state index >= 15 is 0 Å². The summed E-state index contributed by atoms with van der Waals surface area (Å²) < 4.78 is 26.6. The highest BCUT2D eigenvalue weighted by Crippen LogP contribution is 2.28. The van der Waals surface area contributed by atoms with Crippen LogP contribution in [0.15, 0.2) is 23.1 Å². The van der Waals surface area contributed by atoms with Gasteiger partial charge in [-0.2, -0.15) is 0 Å². The van der Waals surface area contributed by atoms with Crippen molar-refractivity contribution in [2.24, 2.45) is 5.41 Å². The topological polar surface area (TPSA) is 12.0 Å². The predicted molar refractivity (Wildman–Crippen MR) is 74.0 cm³/mol. The second-order valence-electron chi connectivity index (χ2n) is 5.36. The second-order valence-corrected chi connectivity index (χ2v) is 6.42. The number of benzene rings is 1. The van der Waals surface area contributed by atoms with Crippen LogP contribution in [0.1, 0.15) is 27.7 Å². The molecule has 0 aliphatic heterocycles. The zero-order chi connectivity index (χ0) is 13.8. The van der Waals surface area contributed by atoms with E-state index in [2.05, 4.69) is 26.1 Å². The fourth-order valence-electron chi connectivity index (χ4n) is 1.62. The highest BCUT2D eigenvalue weighted by Gasteiger charge is 2.24. The van der Waals surface area contributed by atoms with Gasteiger partial charge in [0.1, 0.15) is 11.6 Å². The number of hydrogen-bond donors (Lipinski definition) is 1. The molecule has 1 rings (SSSR count). The summed E-state index contributed by atoms with van der Waals surface area (Å²) in [5, 5.41) is 3.39. The Hall–Kier alpha value is -0.610. The molecule has 0 fully saturated rings. The van der Waals surface area contributed by atoms with Crippen LogP contribution in [0.5, 0.6) is 0 Å². The zero-order valence-electron chi connectivity index (χ0n) is 11.4. The highest BCUT2D eigenvalue weighted by molar-refractivity contribution is 7.99. The minimum atomic E-state index is -0.394. The molecular weight excluding hydrogens is 252 g/mol. The van der Waals surface area contributed by atoms with Crippen molar-refractivity contribution in [2.45, 2.75) is 38.6 Å². The molecule has 1 aromatic carbocycles. The molecule has 1 atom stereocenters. The molecule has 0 bridgehead atoms. The van der Waals surface area contributed by atoms with Gasteiger partial charge in [0.15, 0.2) is 0 Å². The lowest BCUT2D eigenvalue weighted by Gasteiger charge is -2.31. The molecule has 0 saturated carbocycles. The first kappa shape index (κ1) is 15.4. The van der Waals surface area contributed by atoms with Crippen LogP contribution in [-0.4, -0.2) is 18.3 Å². The summed E-state index contributed by atoms with van der Waals surface area (Å²) in [6.07, 6.45) is 0. The first-order chi connectivity index (χ1) is 8.34. The van der Waals surface area contributed by atoms with Crippen molar-refractivity contribution in [3.8, 4) is 0 Å². The van der Waals surface area contributed by atoms with E-state index in [0.29, 0.717) is 4.90 Å². The molecular formula is C14H21F2NS. The van der Waals surface area contributed by atoms with Crippen molar-refractivity contribution in [2.75, 3.05) is 12.3 Å². The van der Waals surface area contributed by atoms with Gasteiger partial charge in [0.05, 0.1) is 0 Å². The van der Waals surface area contributed by atoms with E-state index in [1.165, 1.54) is 23.9 Å². The van der Waals surface area contributed by atoms with Crippen molar-refractivity contribution < 1.29 is 8.78 Å². The maximum atomic E-state index is 13.5. The Morgan fingerprint density at radius 1 is 1.28 bits per heavy atom. The van der Waals surface area contributed by atoms with Gasteiger partial charge in [0.2, 0.25) is 0 Å². The summed E-state index contributed by atoms with van der Waals surface area (Å²) in [5.41, 5.74) is 0.0901. The van der Waals surface area contributed by atoms with E-state index in [-0.39, 0.29) is 17.3 Å². The van der Waals surface area contributed by atoms with Gasteiger partial charge in [-0.25, -0.2) is 8.78 Å². The largest absolute Gasteiger partial charge is 0.313 e. The van der Waals surface area contributed by atoms with Crippen molar-refractivity contribution in [1.29, 1.82) is 0 Å². The number of nitrogens with one attached hydrogen (secondary N) is 1. The molecule has 0 heterocycles. The highest BCUT2D eigenvalue weighted by atomic mass is 32.2. The molecule has 0 radical (unpaired) electrons. The van der Waals surface area contributed by atoms with Gasteiger partial charge in [-0.3, -0.25) is 0 Å². The average molecular weight is 273 g/mol. The van der Waals surface area contributed by atoms with E-state index < -0.39 is 5.82 Å². The summed E-state index contributed by atoms with van der Waals surface area (Å²) in [5.74, 6) is -0.0298. The number of rotatable bonds is 5. The molecule has 102 valence electrons. The summed E-state index contributed by atoms with van der Waals surface area (Å²) >= 11 is 1.36. The van der Waals surface area contributed by atoms with E-state index in [9.17, 15) is 8.78 Å².